The molecule has 0 unspecified atom stereocenters. The van der Waals surface area contributed by atoms with Gasteiger partial charge in [0.1, 0.15) is 11.3 Å². The summed E-state index contributed by atoms with van der Waals surface area (Å²) in [5.41, 5.74) is 1.26. The molecule has 0 aromatic carbocycles. The van der Waals surface area contributed by atoms with Crippen LogP contribution in [0.1, 0.15) is 41.1 Å². The molecule has 2 fully saturated rings. The van der Waals surface area contributed by atoms with E-state index < -0.39 is 0 Å². The first kappa shape index (κ1) is 14.5. The third-order valence-corrected chi connectivity index (χ3v) is 4.76. The van der Waals surface area contributed by atoms with Crippen molar-refractivity contribution in [2.24, 2.45) is 0 Å². The average Bonchev–Trinajstić information content (AvgIpc) is 3.05. The van der Waals surface area contributed by atoms with Crippen LogP contribution in [0.3, 0.4) is 0 Å². The summed E-state index contributed by atoms with van der Waals surface area (Å²) >= 11 is 0. The second kappa shape index (κ2) is 5.77. The van der Waals surface area contributed by atoms with Crippen LogP contribution in [0.5, 0.6) is 0 Å². The number of hydrogen-bond acceptors (Lipinski definition) is 5. The van der Waals surface area contributed by atoms with Crippen molar-refractivity contribution in [3.05, 3.63) is 17.0 Å². The normalized spacial score (nSPS) is 27.3. The highest BCUT2D eigenvalue weighted by Gasteiger charge is 2.34. The van der Waals surface area contributed by atoms with E-state index in [2.05, 4.69) is 10.1 Å². The van der Waals surface area contributed by atoms with Gasteiger partial charge in [-0.15, -0.1) is 0 Å². The van der Waals surface area contributed by atoms with Crippen molar-refractivity contribution in [3.63, 3.8) is 0 Å². The molecule has 1 aromatic rings. The lowest BCUT2D eigenvalue weighted by Crippen LogP contribution is -2.53. The van der Waals surface area contributed by atoms with E-state index in [0.717, 1.165) is 32.4 Å². The third kappa shape index (κ3) is 2.70. The van der Waals surface area contributed by atoms with Gasteiger partial charge in [0.15, 0.2) is 0 Å². The minimum absolute atomic E-state index is 0.0119. The highest BCUT2D eigenvalue weighted by atomic mass is 16.5. The predicted octanol–water partition coefficient (Wildman–Crippen LogP) is 0.963. The minimum atomic E-state index is -0.199. The number of hydrogen-bond donors (Lipinski definition) is 1. The minimum Gasteiger partial charge on any atom is -0.391 e. The molecule has 6 nitrogen and oxygen atoms in total. The lowest BCUT2D eigenvalue weighted by molar-refractivity contribution is 0.0314. The molecule has 2 atom stereocenters. The zero-order valence-corrected chi connectivity index (χ0v) is 12.7. The Kier molecular flexibility index (Phi) is 3.99. The number of carbonyl (C=O) groups excluding carboxylic acids is 1. The molecule has 1 aliphatic carbocycles. The van der Waals surface area contributed by atoms with E-state index in [9.17, 15) is 9.90 Å². The topological polar surface area (TPSA) is 69.8 Å². The summed E-state index contributed by atoms with van der Waals surface area (Å²) in [4.78, 5) is 16.7. The molecule has 1 saturated carbocycles. The zero-order chi connectivity index (χ0) is 15.0. The lowest BCUT2D eigenvalue weighted by atomic mass is 10.1. The molecule has 2 heterocycles. The smallest absolute Gasteiger partial charge is 0.259 e. The maximum absolute atomic E-state index is 12.6. The summed E-state index contributed by atoms with van der Waals surface area (Å²) in [6, 6.07) is 0.279. The summed E-state index contributed by atoms with van der Waals surface area (Å²) in [7, 11) is 0. The Bertz CT molecular complexity index is 501. The molecule has 1 saturated heterocycles. The largest absolute Gasteiger partial charge is 0.391 e. The van der Waals surface area contributed by atoms with Gasteiger partial charge in [-0.3, -0.25) is 9.69 Å². The molecule has 6 heteroatoms. The Labute approximate surface area is 124 Å². The van der Waals surface area contributed by atoms with E-state index in [0.29, 0.717) is 30.1 Å². The van der Waals surface area contributed by atoms with Gasteiger partial charge in [0, 0.05) is 32.2 Å². The molecule has 1 N–H and O–H groups in total. The Balaban J connectivity index is 1.62. The fourth-order valence-electron chi connectivity index (χ4n) is 3.55. The molecule has 116 valence electrons. The number of aliphatic hydroxyl groups excluding tert-OH is 1. The highest BCUT2D eigenvalue weighted by molar-refractivity contribution is 5.96. The average molecular weight is 293 g/mol. The van der Waals surface area contributed by atoms with Crippen molar-refractivity contribution in [1.82, 2.24) is 15.0 Å². The number of aryl methyl sites for hydroxylation is 2. The summed E-state index contributed by atoms with van der Waals surface area (Å²) < 4.78 is 5.08. The van der Waals surface area contributed by atoms with Crippen LogP contribution in [0.4, 0.5) is 0 Å². The van der Waals surface area contributed by atoms with E-state index in [1.54, 1.807) is 13.8 Å². The SMILES string of the molecule is Cc1noc(C)c1C(=O)N1CCN([C@@H]2CCC[C@H]2O)CC1. The summed E-state index contributed by atoms with van der Waals surface area (Å²) in [6.45, 7) is 6.64. The fourth-order valence-corrected chi connectivity index (χ4v) is 3.55. The van der Waals surface area contributed by atoms with E-state index in [4.69, 9.17) is 4.52 Å². The molecule has 0 bridgehead atoms. The lowest BCUT2D eigenvalue weighted by Gasteiger charge is -2.39. The Morgan fingerprint density at radius 1 is 1.24 bits per heavy atom. The highest BCUT2D eigenvalue weighted by Crippen LogP contribution is 2.25. The summed E-state index contributed by atoms with van der Waals surface area (Å²) in [5.74, 6) is 0.601. The van der Waals surface area contributed by atoms with E-state index in [1.165, 1.54) is 0 Å². The zero-order valence-electron chi connectivity index (χ0n) is 12.7. The van der Waals surface area contributed by atoms with Gasteiger partial charge in [0.05, 0.1) is 11.8 Å². The van der Waals surface area contributed by atoms with Crippen molar-refractivity contribution in [1.29, 1.82) is 0 Å². The van der Waals surface area contributed by atoms with Crippen LogP contribution >= 0.6 is 0 Å². The van der Waals surface area contributed by atoms with E-state index >= 15 is 0 Å². The predicted molar refractivity (Wildman–Crippen MR) is 77.1 cm³/mol. The summed E-state index contributed by atoms with van der Waals surface area (Å²) in [5, 5.41) is 13.9. The molecule has 2 aliphatic rings. The molecular formula is C15H23N3O3. The number of piperazine rings is 1. The molecule has 0 radical (unpaired) electrons. The van der Waals surface area contributed by atoms with Crippen LogP contribution in [0.15, 0.2) is 4.52 Å². The first-order valence-electron chi connectivity index (χ1n) is 7.72. The standard InChI is InChI=1S/C15H23N3O3/c1-10-14(11(2)21-16-10)15(20)18-8-6-17(7-9-18)12-4-3-5-13(12)19/h12-13,19H,3-9H2,1-2H3/t12-,13-/m1/s1. The van der Waals surface area contributed by atoms with Crippen molar-refractivity contribution in [2.75, 3.05) is 26.2 Å². The van der Waals surface area contributed by atoms with Crippen LogP contribution < -0.4 is 0 Å². The van der Waals surface area contributed by atoms with Crippen molar-refractivity contribution in [3.8, 4) is 0 Å². The van der Waals surface area contributed by atoms with Gasteiger partial charge >= 0.3 is 0 Å². The third-order valence-electron chi connectivity index (χ3n) is 4.76. The van der Waals surface area contributed by atoms with Crippen LogP contribution in [-0.2, 0) is 0 Å². The van der Waals surface area contributed by atoms with Crippen LogP contribution in [0.2, 0.25) is 0 Å². The van der Waals surface area contributed by atoms with Crippen LogP contribution in [-0.4, -0.2) is 64.3 Å². The van der Waals surface area contributed by atoms with E-state index in [-0.39, 0.29) is 18.1 Å². The molecule has 1 amide bonds. The monoisotopic (exact) mass is 293 g/mol. The maximum Gasteiger partial charge on any atom is 0.259 e. The van der Waals surface area contributed by atoms with Gasteiger partial charge in [-0.2, -0.15) is 0 Å². The molecular weight excluding hydrogens is 270 g/mol. The number of nitrogens with zero attached hydrogens (tertiary/aromatic N) is 3. The van der Waals surface area contributed by atoms with Crippen LogP contribution in [0.25, 0.3) is 0 Å². The number of amides is 1. The van der Waals surface area contributed by atoms with Gasteiger partial charge in [0.2, 0.25) is 0 Å². The quantitative estimate of drug-likeness (QED) is 0.879. The Morgan fingerprint density at radius 2 is 1.95 bits per heavy atom. The molecule has 1 aliphatic heterocycles. The van der Waals surface area contributed by atoms with Crippen LogP contribution in [0, 0.1) is 13.8 Å². The van der Waals surface area contributed by atoms with Crippen molar-refractivity contribution >= 4 is 5.91 Å². The summed E-state index contributed by atoms with van der Waals surface area (Å²) in [6.07, 6.45) is 2.88. The molecule has 3 rings (SSSR count). The number of aliphatic hydroxyl groups is 1. The second-order valence-electron chi connectivity index (χ2n) is 6.09. The molecule has 21 heavy (non-hydrogen) atoms. The van der Waals surface area contributed by atoms with Crippen molar-refractivity contribution in [2.45, 2.75) is 45.3 Å². The first-order chi connectivity index (χ1) is 10.1. The van der Waals surface area contributed by atoms with Gasteiger partial charge in [-0.1, -0.05) is 5.16 Å². The Morgan fingerprint density at radius 3 is 2.48 bits per heavy atom. The fraction of sp³-hybridized carbons (Fsp3) is 0.733. The maximum atomic E-state index is 12.6. The molecule has 1 aromatic heterocycles. The first-order valence-corrected chi connectivity index (χ1v) is 7.72. The van der Waals surface area contributed by atoms with Crippen molar-refractivity contribution < 1.29 is 14.4 Å². The molecule has 0 spiro atoms. The number of rotatable bonds is 2. The number of aromatic nitrogens is 1. The van der Waals surface area contributed by atoms with Gasteiger partial charge in [-0.25, -0.2) is 0 Å². The van der Waals surface area contributed by atoms with Gasteiger partial charge < -0.3 is 14.5 Å². The second-order valence-corrected chi connectivity index (χ2v) is 6.09. The van der Waals surface area contributed by atoms with E-state index in [1.807, 2.05) is 4.90 Å². The number of carbonyl (C=O) groups is 1. The van der Waals surface area contributed by atoms with Gasteiger partial charge in [0.25, 0.3) is 5.91 Å². The Hall–Kier alpha value is -1.40. The van der Waals surface area contributed by atoms with Gasteiger partial charge in [-0.05, 0) is 33.1 Å².